The first kappa shape index (κ1) is 19.2. The second kappa shape index (κ2) is 8.88. The maximum Gasteiger partial charge on any atom is 0.247 e. The van der Waals surface area contributed by atoms with Crippen molar-refractivity contribution in [2.24, 2.45) is 0 Å². The maximum atomic E-state index is 5.88. The van der Waals surface area contributed by atoms with Crippen LogP contribution in [0.25, 0.3) is 22.2 Å². The quantitative estimate of drug-likeness (QED) is 0.406. The molecule has 148 valence electrons. The highest BCUT2D eigenvalue weighted by Crippen LogP contribution is 2.23. The third-order valence-corrected chi connectivity index (χ3v) is 4.76. The molecule has 0 aliphatic rings. The van der Waals surface area contributed by atoms with E-state index in [1.807, 2.05) is 36.4 Å². The summed E-state index contributed by atoms with van der Waals surface area (Å²) in [7, 11) is 4.13. The van der Waals surface area contributed by atoms with E-state index in [4.69, 9.17) is 9.15 Å². The summed E-state index contributed by atoms with van der Waals surface area (Å²) in [5.41, 5.74) is 2.04. The number of fused-ring (bicyclic) bond motifs is 1. The summed E-state index contributed by atoms with van der Waals surface area (Å²) >= 11 is 0. The van der Waals surface area contributed by atoms with E-state index in [1.165, 1.54) is 10.8 Å². The monoisotopic (exact) mass is 387 g/mol. The lowest BCUT2D eigenvalue weighted by Crippen LogP contribution is -2.15. The zero-order chi connectivity index (χ0) is 20.1. The Labute approximate surface area is 170 Å². The molecule has 0 N–H and O–H groups in total. The van der Waals surface area contributed by atoms with Gasteiger partial charge in [0.05, 0.1) is 13.0 Å². The largest absolute Gasteiger partial charge is 0.494 e. The Morgan fingerprint density at radius 3 is 2.48 bits per heavy atom. The lowest BCUT2D eigenvalue weighted by Gasteiger charge is -2.10. The number of aromatic nitrogens is 2. The van der Waals surface area contributed by atoms with Gasteiger partial charge in [0, 0.05) is 12.1 Å². The molecule has 0 unspecified atom stereocenters. The Hall–Kier alpha value is -3.18. The average Bonchev–Trinajstić information content (AvgIpc) is 3.20. The fourth-order valence-electron chi connectivity index (χ4n) is 3.23. The van der Waals surface area contributed by atoms with Crippen molar-refractivity contribution in [1.29, 1.82) is 0 Å². The van der Waals surface area contributed by atoms with Crippen LogP contribution in [0.3, 0.4) is 0 Å². The molecule has 29 heavy (non-hydrogen) atoms. The normalized spacial score (nSPS) is 11.3. The van der Waals surface area contributed by atoms with Crippen molar-refractivity contribution in [2.75, 3.05) is 27.2 Å². The number of rotatable bonds is 8. The minimum absolute atomic E-state index is 0.528. The number of benzene rings is 3. The third kappa shape index (κ3) is 5.00. The predicted molar refractivity (Wildman–Crippen MR) is 115 cm³/mol. The van der Waals surface area contributed by atoms with E-state index in [0.29, 0.717) is 24.8 Å². The van der Waals surface area contributed by atoms with Crippen LogP contribution in [0.1, 0.15) is 17.9 Å². The summed E-state index contributed by atoms with van der Waals surface area (Å²) in [6.45, 7) is 1.72. The minimum atomic E-state index is 0.528. The SMILES string of the molecule is CN(C)CCCOc1ccc(-c2nnc(Cc3ccc4ccccc4c3)o2)cc1. The van der Waals surface area contributed by atoms with Gasteiger partial charge in [0.1, 0.15) is 5.75 Å². The number of ether oxygens (including phenoxy) is 1. The van der Waals surface area contributed by atoms with Gasteiger partial charge in [-0.25, -0.2) is 0 Å². The van der Waals surface area contributed by atoms with Crippen LogP contribution in [0.2, 0.25) is 0 Å². The molecule has 5 heteroatoms. The van der Waals surface area contributed by atoms with E-state index in [9.17, 15) is 0 Å². The zero-order valence-electron chi connectivity index (χ0n) is 16.8. The van der Waals surface area contributed by atoms with Gasteiger partial charge >= 0.3 is 0 Å². The summed E-state index contributed by atoms with van der Waals surface area (Å²) in [6, 6.07) is 22.5. The smallest absolute Gasteiger partial charge is 0.247 e. The standard InChI is InChI=1S/C24H25N3O2/c1-27(2)14-5-15-28-22-12-10-20(11-13-22)24-26-25-23(29-24)17-18-8-9-19-6-3-4-7-21(19)16-18/h3-4,6-13,16H,5,14-15,17H2,1-2H3. The molecule has 4 rings (SSSR count). The van der Waals surface area contributed by atoms with Crippen molar-refractivity contribution < 1.29 is 9.15 Å². The molecular weight excluding hydrogens is 362 g/mol. The van der Waals surface area contributed by atoms with Crippen LogP contribution in [0, 0.1) is 0 Å². The average molecular weight is 387 g/mol. The molecule has 0 aliphatic heterocycles. The highest BCUT2D eigenvalue weighted by atomic mass is 16.5. The van der Waals surface area contributed by atoms with Gasteiger partial charge in [-0.3, -0.25) is 0 Å². The van der Waals surface area contributed by atoms with Crippen molar-refractivity contribution in [3.8, 4) is 17.2 Å². The van der Waals surface area contributed by atoms with Gasteiger partial charge in [0.2, 0.25) is 11.8 Å². The zero-order valence-corrected chi connectivity index (χ0v) is 16.8. The summed E-state index contributed by atoms with van der Waals surface area (Å²) in [6.07, 6.45) is 1.61. The molecule has 1 aromatic heterocycles. The van der Waals surface area contributed by atoms with Crippen LogP contribution >= 0.6 is 0 Å². The molecule has 0 atom stereocenters. The molecule has 3 aromatic carbocycles. The van der Waals surface area contributed by atoms with Crippen LogP contribution in [0.4, 0.5) is 0 Å². The van der Waals surface area contributed by atoms with Gasteiger partial charge in [-0.15, -0.1) is 10.2 Å². The fourth-order valence-corrected chi connectivity index (χ4v) is 3.23. The lowest BCUT2D eigenvalue weighted by molar-refractivity contribution is 0.281. The van der Waals surface area contributed by atoms with Crippen LogP contribution in [-0.4, -0.2) is 42.3 Å². The molecule has 0 saturated carbocycles. The second-order valence-electron chi connectivity index (χ2n) is 7.39. The van der Waals surface area contributed by atoms with E-state index >= 15 is 0 Å². The number of nitrogens with zero attached hydrogens (tertiary/aromatic N) is 3. The van der Waals surface area contributed by atoms with Gasteiger partial charge in [0.15, 0.2) is 0 Å². The third-order valence-electron chi connectivity index (χ3n) is 4.76. The molecule has 0 spiro atoms. The first-order chi connectivity index (χ1) is 14.2. The Kier molecular flexibility index (Phi) is 5.86. The van der Waals surface area contributed by atoms with E-state index in [-0.39, 0.29) is 0 Å². The number of hydrogen-bond acceptors (Lipinski definition) is 5. The Bertz CT molecular complexity index is 1070. The molecule has 0 saturated heterocycles. The van der Waals surface area contributed by atoms with Crippen LogP contribution in [0.5, 0.6) is 5.75 Å². The number of hydrogen-bond donors (Lipinski definition) is 0. The molecule has 4 aromatic rings. The van der Waals surface area contributed by atoms with Gasteiger partial charge in [-0.1, -0.05) is 42.5 Å². The second-order valence-corrected chi connectivity index (χ2v) is 7.39. The first-order valence-corrected chi connectivity index (χ1v) is 9.85. The van der Waals surface area contributed by atoms with E-state index in [0.717, 1.165) is 29.8 Å². The van der Waals surface area contributed by atoms with Gasteiger partial charge in [0.25, 0.3) is 0 Å². The predicted octanol–water partition coefficient (Wildman–Crippen LogP) is 4.81. The van der Waals surface area contributed by atoms with Crippen molar-refractivity contribution in [3.05, 3.63) is 78.2 Å². The van der Waals surface area contributed by atoms with Crippen molar-refractivity contribution in [1.82, 2.24) is 15.1 Å². The van der Waals surface area contributed by atoms with Crippen LogP contribution < -0.4 is 4.74 Å². The highest BCUT2D eigenvalue weighted by molar-refractivity contribution is 5.83. The Balaban J connectivity index is 1.39. The molecule has 0 fully saturated rings. The Morgan fingerprint density at radius 1 is 0.897 bits per heavy atom. The van der Waals surface area contributed by atoms with Crippen LogP contribution in [-0.2, 0) is 6.42 Å². The topological polar surface area (TPSA) is 51.4 Å². The summed E-state index contributed by atoms with van der Waals surface area (Å²) in [5, 5.41) is 10.9. The minimum Gasteiger partial charge on any atom is -0.494 e. The molecule has 0 radical (unpaired) electrons. The summed E-state index contributed by atoms with van der Waals surface area (Å²) in [5.74, 6) is 1.99. The molecule has 0 aliphatic carbocycles. The summed E-state index contributed by atoms with van der Waals surface area (Å²) in [4.78, 5) is 2.15. The maximum absolute atomic E-state index is 5.88. The molecule has 0 amide bonds. The van der Waals surface area contributed by atoms with Crippen LogP contribution in [0.15, 0.2) is 71.1 Å². The fraction of sp³-hybridized carbons (Fsp3) is 0.250. The van der Waals surface area contributed by atoms with E-state index < -0.39 is 0 Å². The van der Waals surface area contributed by atoms with E-state index in [2.05, 4.69) is 59.5 Å². The molecule has 5 nitrogen and oxygen atoms in total. The van der Waals surface area contributed by atoms with Gasteiger partial charge in [-0.05, 0) is 61.1 Å². The Morgan fingerprint density at radius 2 is 1.69 bits per heavy atom. The van der Waals surface area contributed by atoms with Gasteiger partial charge in [-0.2, -0.15) is 0 Å². The van der Waals surface area contributed by atoms with Gasteiger partial charge < -0.3 is 14.1 Å². The van der Waals surface area contributed by atoms with Crippen molar-refractivity contribution in [3.63, 3.8) is 0 Å². The molecular formula is C24H25N3O2. The van der Waals surface area contributed by atoms with Crippen molar-refractivity contribution >= 4 is 10.8 Å². The van der Waals surface area contributed by atoms with E-state index in [1.54, 1.807) is 0 Å². The summed E-state index contributed by atoms with van der Waals surface area (Å²) < 4.78 is 11.7. The first-order valence-electron chi connectivity index (χ1n) is 9.85. The lowest BCUT2D eigenvalue weighted by atomic mass is 10.1. The molecule has 1 heterocycles. The highest BCUT2D eigenvalue weighted by Gasteiger charge is 2.10. The molecule has 0 bridgehead atoms. The van der Waals surface area contributed by atoms with Crippen molar-refractivity contribution in [2.45, 2.75) is 12.8 Å².